The van der Waals surface area contributed by atoms with Crippen molar-refractivity contribution >= 4 is 17.3 Å². The van der Waals surface area contributed by atoms with Gasteiger partial charge in [-0.15, -0.1) is 0 Å². The number of hydrogen-bond donors (Lipinski definition) is 2. The number of rotatable bonds is 3. The number of para-hydroxylation sites is 1. The maximum atomic E-state index is 12.5. The monoisotopic (exact) mass is 239 g/mol. The molecule has 2 nitrogen and oxygen atoms in total. The van der Waals surface area contributed by atoms with E-state index in [1.54, 1.807) is 0 Å². The molecule has 0 fully saturated rings. The molecule has 0 aliphatic rings. The quantitative estimate of drug-likeness (QED) is 0.850. The lowest BCUT2D eigenvalue weighted by molar-refractivity contribution is -0.136. The zero-order valence-corrected chi connectivity index (χ0v) is 8.36. The van der Waals surface area contributed by atoms with E-state index < -0.39 is 11.7 Å². The molecule has 1 aromatic rings. The number of aliphatic hydroxyl groups excluding tert-OH is 1. The molecule has 0 unspecified atom stereocenters. The number of anilines is 1. The van der Waals surface area contributed by atoms with Crippen molar-refractivity contribution in [3.8, 4) is 0 Å². The molecule has 1 rings (SSSR count). The molecular weight excluding hydrogens is 231 g/mol. The Hall–Kier alpha value is -0.940. The van der Waals surface area contributed by atoms with Gasteiger partial charge in [0, 0.05) is 6.54 Å². The summed E-state index contributed by atoms with van der Waals surface area (Å²) in [6.07, 6.45) is -4.46. The number of aliphatic hydroxyl groups is 1. The van der Waals surface area contributed by atoms with Crippen molar-refractivity contribution in [2.24, 2.45) is 0 Å². The minimum Gasteiger partial charge on any atom is -0.395 e. The highest BCUT2D eigenvalue weighted by Gasteiger charge is 2.34. The van der Waals surface area contributed by atoms with Crippen LogP contribution in [0.1, 0.15) is 5.56 Å². The van der Waals surface area contributed by atoms with Gasteiger partial charge in [0.1, 0.15) is 0 Å². The van der Waals surface area contributed by atoms with E-state index in [-0.39, 0.29) is 23.9 Å². The van der Waals surface area contributed by atoms with Gasteiger partial charge in [0.15, 0.2) is 0 Å². The van der Waals surface area contributed by atoms with Crippen LogP contribution in [0.5, 0.6) is 0 Å². The van der Waals surface area contributed by atoms with E-state index in [4.69, 9.17) is 16.7 Å². The zero-order chi connectivity index (χ0) is 11.5. The van der Waals surface area contributed by atoms with Gasteiger partial charge in [0.25, 0.3) is 0 Å². The van der Waals surface area contributed by atoms with Gasteiger partial charge >= 0.3 is 6.18 Å². The van der Waals surface area contributed by atoms with E-state index in [0.29, 0.717) is 0 Å². The summed E-state index contributed by atoms with van der Waals surface area (Å²) in [5, 5.41) is 10.9. The minimum atomic E-state index is -4.46. The number of hydrogen-bond acceptors (Lipinski definition) is 2. The van der Waals surface area contributed by atoms with Gasteiger partial charge in [-0.1, -0.05) is 17.7 Å². The van der Waals surface area contributed by atoms with Gasteiger partial charge in [-0.05, 0) is 12.1 Å². The van der Waals surface area contributed by atoms with Crippen LogP contribution >= 0.6 is 11.6 Å². The van der Waals surface area contributed by atoms with Crippen LogP contribution in [0.25, 0.3) is 0 Å². The molecule has 2 N–H and O–H groups in total. The second-order valence-electron chi connectivity index (χ2n) is 2.81. The SMILES string of the molecule is OCCNc1c(Cl)cccc1C(F)(F)F. The summed E-state index contributed by atoms with van der Waals surface area (Å²) in [5.74, 6) is 0. The Morgan fingerprint density at radius 1 is 1.33 bits per heavy atom. The highest BCUT2D eigenvalue weighted by Crippen LogP contribution is 2.38. The molecule has 0 heterocycles. The summed E-state index contributed by atoms with van der Waals surface area (Å²) in [4.78, 5) is 0. The lowest BCUT2D eigenvalue weighted by Gasteiger charge is -2.15. The van der Waals surface area contributed by atoms with Gasteiger partial charge in [-0.25, -0.2) is 0 Å². The molecule has 0 saturated carbocycles. The average molecular weight is 240 g/mol. The average Bonchev–Trinajstić information content (AvgIpc) is 2.14. The fraction of sp³-hybridized carbons (Fsp3) is 0.333. The molecule has 0 spiro atoms. The first-order valence-corrected chi connectivity index (χ1v) is 4.55. The third-order valence-corrected chi connectivity index (χ3v) is 2.05. The zero-order valence-electron chi connectivity index (χ0n) is 7.61. The third-order valence-electron chi connectivity index (χ3n) is 1.73. The van der Waals surface area contributed by atoms with Crippen LogP contribution in [0.3, 0.4) is 0 Å². The van der Waals surface area contributed by atoms with E-state index in [1.165, 1.54) is 12.1 Å². The summed E-state index contributed by atoms with van der Waals surface area (Å²) >= 11 is 5.63. The topological polar surface area (TPSA) is 32.3 Å². The number of nitrogens with one attached hydrogen (secondary N) is 1. The molecule has 84 valence electrons. The van der Waals surface area contributed by atoms with Crippen molar-refractivity contribution in [2.75, 3.05) is 18.5 Å². The predicted molar refractivity (Wildman–Crippen MR) is 52.0 cm³/mol. The molecule has 0 amide bonds. The van der Waals surface area contributed by atoms with Crippen molar-refractivity contribution in [3.63, 3.8) is 0 Å². The number of halogens is 4. The van der Waals surface area contributed by atoms with Crippen LogP contribution in [-0.2, 0) is 6.18 Å². The fourth-order valence-electron chi connectivity index (χ4n) is 1.12. The molecule has 15 heavy (non-hydrogen) atoms. The second kappa shape index (κ2) is 4.72. The summed E-state index contributed by atoms with van der Waals surface area (Å²) in [5.41, 5.74) is -1.02. The van der Waals surface area contributed by atoms with E-state index >= 15 is 0 Å². The minimum absolute atomic E-state index is 0.0155. The predicted octanol–water partition coefficient (Wildman–Crippen LogP) is 2.76. The van der Waals surface area contributed by atoms with E-state index in [9.17, 15) is 13.2 Å². The van der Waals surface area contributed by atoms with Gasteiger partial charge in [0.2, 0.25) is 0 Å². The Bertz CT molecular complexity index is 341. The molecule has 0 atom stereocenters. The Labute approximate surface area is 89.7 Å². The lowest BCUT2D eigenvalue weighted by Crippen LogP contribution is -2.13. The lowest BCUT2D eigenvalue weighted by atomic mass is 10.1. The largest absolute Gasteiger partial charge is 0.418 e. The first-order valence-electron chi connectivity index (χ1n) is 4.17. The highest BCUT2D eigenvalue weighted by molar-refractivity contribution is 6.33. The molecule has 0 bridgehead atoms. The summed E-state index contributed by atoms with van der Waals surface area (Å²) < 4.78 is 37.5. The standard InChI is InChI=1S/C9H9ClF3NO/c10-7-3-1-2-6(9(11,12)13)8(7)14-4-5-15/h1-3,14-15H,4-5H2. The van der Waals surface area contributed by atoms with E-state index in [1.807, 2.05) is 0 Å². The van der Waals surface area contributed by atoms with E-state index in [2.05, 4.69) is 5.32 Å². The van der Waals surface area contributed by atoms with Crippen LogP contribution < -0.4 is 5.32 Å². The first-order chi connectivity index (χ1) is 6.96. The van der Waals surface area contributed by atoms with Gasteiger partial charge in [-0.3, -0.25) is 0 Å². The number of benzene rings is 1. The maximum Gasteiger partial charge on any atom is 0.418 e. The Kier molecular flexibility index (Phi) is 3.82. The Balaban J connectivity index is 3.09. The fourth-order valence-corrected chi connectivity index (χ4v) is 1.36. The first kappa shape index (κ1) is 12.1. The summed E-state index contributed by atoms with van der Waals surface area (Å²) in [6, 6.07) is 3.53. The van der Waals surface area contributed by atoms with Gasteiger partial charge < -0.3 is 10.4 Å². The van der Waals surface area contributed by atoms with Crippen molar-refractivity contribution in [3.05, 3.63) is 28.8 Å². The van der Waals surface area contributed by atoms with Crippen molar-refractivity contribution < 1.29 is 18.3 Å². The van der Waals surface area contributed by atoms with Crippen molar-refractivity contribution in [2.45, 2.75) is 6.18 Å². The second-order valence-corrected chi connectivity index (χ2v) is 3.22. The van der Waals surface area contributed by atoms with Crippen LogP contribution in [-0.4, -0.2) is 18.3 Å². The molecule has 0 aliphatic heterocycles. The molecule has 0 aliphatic carbocycles. The normalized spacial score (nSPS) is 11.5. The third kappa shape index (κ3) is 3.00. The van der Waals surface area contributed by atoms with Crippen molar-refractivity contribution in [1.29, 1.82) is 0 Å². The van der Waals surface area contributed by atoms with Crippen LogP contribution in [0.15, 0.2) is 18.2 Å². The molecule has 0 aromatic heterocycles. The van der Waals surface area contributed by atoms with Crippen molar-refractivity contribution in [1.82, 2.24) is 0 Å². The Morgan fingerprint density at radius 2 is 2.00 bits per heavy atom. The Morgan fingerprint density at radius 3 is 2.53 bits per heavy atom. The molecular formula is C9H9ClF3NO. The van der Waals surface area contributed by atoms with Crippen LogP contribution in [0.4, 0.5) is 18.9 Å². The van der Waals surface area contributed by atoms with Gasteiger partial charge in [0.05, 0.1) is 22.9 Å². The molecule has 6 heteroatoms. The molecule has 1 aromatic carbocycles. The summed E-state index contributed by atoms with van der Waals surface area (Å²) in [7, 11) is 0. The van der Waals surface area contributed by atoms with Crippen LogP contribution in [0.2, 0.25) is 5.02 Å². The smallest absolute Gasteiger partial charge is 0.395 e. The highest BCUT2D eigenvalue weighted by atomic mass is 35.5. The maximum absolute atomic E-state index is 12.5. The van der Waals surface area contributed by atoms with Gasteiger partial charge in [-0.2, -0.15) is 13.2 Å². The molecule has 0 saturated heterocycles. The number of alkyl halides is 3. The van der Waals surface area contributed by atoms with Crippen LogP contribution in [0, 0.1) is 0 Å². The molecule has 0 radical (unpaired) electrons. The summed E-state index contributed by atoms with van der Waals surface area (Å²) in [6.45, 7) is -0.241. The van der Waals surface area contributed by atoms with E-state index in [0.717, 1.165) is 6.07 Å².